The maximum absolute atomic E-state index is 11.6. The molecule has 0 bridgehead atoms. The van der Waals surface area contributed by atoms with E-state index >= 15 is 0 Å². The minimum Gasteiger partial charge on any atom is -0.466 e. The molecular weight excluding hydrogens is 176 g/mol. The standard InChI is InChI=1S/C12H18O2/c1-4-9-7-10(5-2)11(8-9)12(13)14-6-3/h4-5,9-11H,1-2,6-8H2,3H3. The second kappa shape index (κ2) is 4.99. The van der Waals surface area contributed by atoms with Gasteiger partial charge in [0, 0.05) is 0 Å². The summed E-state index contributed by atoms with van der Waals surface area (Å²) in [5.41, 5.74) is 0. The molecule has 2 nitrogen and oxygen atoms in total. The van der Waals surface area contributed by atoms with E-state index in [9.17, 15) is 4.79 Å². The molecule has 0 spiro atoms. The molecule has 0 aliphatic heterocycles. The SMILES string of the molecule is C=CC1CC(C=C)C(C(=O)OCC)C1. The summed E-state index contributed by atoms with van der Waals surface area (Å²) in [6.45, 7) is 9.82. The molecular formula is C12H18O2. The van der Waals surface area contributed by atoms with Crippen molar-refractivity contribution in [2.24, 2.45) is 17.8 Å². The van der Waals surface area contributed by atoms with E-state index in [1.807, 2.05) is 19.1 Å². The highest BCUT2D eigenvalue weighted by atomic mass is 16.5. The highest BCUT2D eigenvalue weighted by molar-refractivity contribution is 5.73. The first kappa shape index (κ1) is 11.0. The molecule has 0 aromatic carbocycles. The lowest BCUT2D eigenvalue weighted by Crippen LogP contribution is -2.20. The highest BCUT2D eigenvalue weighted by Crippen LogP contribution is 2.38. The second-order valence-electron chi connectivity index (χ2n) is 3.73. The van der Waals surface area contributed by atoms with Crippen LogP contribution in [0.1, 0.15) is 19.8 Å². The van der Waals surface area contributed by atoms with Crippen molar-refractivity contribution in [3.05, 3.63) is 25.3 Å². The van der Waals surface area contributed by atoms with Crippen molar-refractivity contribution < 1.29 is 9.53 Å². The third-order valence-electron chi connectivity index (χ3n) is 2.87. The molecule has 14 heavy (non-hydrogen) atoms. The van der Waals surface area contributed by atoms with Crippen LogP contribution in [0, 0.1) is 17.8 Å². The molecule has 0 saturated heterocycles. The zero-order chi connectivity index (χ0) is 10.6. The second-order valence-corrected chi connectivity index (χ2v) is 3.73. The number of carbonyl (C=O) groups excluding carboxylic acids is 1. The summed E-state index contributed by atoms with van der Waals surface area (Å²) >= 11 is 0. The normalized spacial score (nSPS) is 31.1. The lowest BCUT2D eigenvalue weighted by atomic mass is 9.97. The Balaban J connectivity index is 2.62. The summed E-state index contributed by atoms with van der Waals surface area (Å²) in [6.07, 6.45) is 5.64. The third kappa shape index (κ3) is 2.25. The first-order valence-corrected chi connectivity index (χ1v) is 5.14. The molecule has 0 aromatic heterocycles. The predicted octanol–water partition coefficient (Wildman–Crippen LogP) is 2.56. The number of esters is 1. The topological polar surface area (TPSA) is 26.3 Å². The lowest BCUT2D eigenvalue weighted by molar-refractivity contribution is -0.148. The molecule has 1 aliphatic rings. The first-order chi connectivity index (χ1) is 6.72. The van der Waals surface area contributed by atoms with Crippen LogP contribution in [0.5, 0.6) is 0 Å². The monoisotopic (exact) mass is 194 g/mol. The molecule has 3 atom stereocenters. The van der Waals surface area contributed by atoms with E-state index in [1.165, 1.54) is 0 Å². The van der Waals surface area contributed by atoms with Crippen LogP contribution < -0.4 is 0 Å². The van der Waals surface area contributed by atoms with Gasteiger partial charge in [0.25, 0.3) is 0 Å². The van der Waals surface area contributed by atoms with Crippen LogP contribution in [0.3, 0.4) is 0 Å². The van der Waals surface area contributed by atoms with E-state index in [2.05, 4.69) is 13.2 Å². The Labute approximate surface area is 85.6 Å². The molecule has 1 saturated carbocycles. The van der Waals surface area contributed by atoms with Crippen LogP contribution in [0.25, 0.3) is 0 Å². The Kier molecular flexibility index (Phi) is 3.93. The fraction of sp³-hybridized carbons (Fsp3) is 0.583. The van der Waals surface area contributed by atoms with Crippen molar-refractivity contribution >= 4 is 5.97 Å². The van der Waals surface area contributed by atoms with Crippen molar-refractivity contribution in [1.29, 1.82) is 0 Å². The van der Waals surface area contributed by atoms with Gasteiger partial charge in [-0.25, -0.2) is 0 Å². The van der Waals surface area contributed by atoms with E-state index in [0.29, 0.717) is 12.5 Å². The van der Waals surface area contributed by atoms with Crippen molar-refractivity contribution in [3.63, 3.8) is 0 Å². The van der Waals surface area contributed by atoms with Gasteiger partial charge in [-0.15, -0.1) is 13.2 Å². The number of carbonyl (C=O) groups is 1. The Bertz CT molecular complexity index is 232. The van der Waals surface area contributed by atoms with E-state index < -0.39 is 0 Å². The summed E-state index contributed by atoms with van der Waals surface area (Å²) in [7, 11) is 0. The summed E-state index contributed by atoms with van der Waals surface area (Å²) in [4.78, 5) is 11.6. The summed E-state index contributed by atoms with van der Waals surface area (Å²) in [5.74, 6) is 0.613. The molecule has 0 N–H and O–H groups in total. The van der Waals surface area contributed by atoms with E-state index in [-0.39, 0.29) is 17.8 Å². The van der Waals surface area contributed by atoms with Gasteiger partial charge in [-0.05, 0) is 31.6 Å². The molecule has 1 rings (SSSR count). The summed E-state index contributed by atoms with van der Waals surface area (Å²) in [5, 5.41) is 0. The fourth-order valence-electron chi connectivity index (χ4n) is 2.08. The lowest BCUT2D eigenvalue weighted by Gasteiger charge is -2.13. The number of allylic oxidation sites excluding steroid dienone is 2. The van der Waals surface area contributed by atoms with E-state index in [0.717, 1.165) is 12.8 Å². The number of ether oxygens (including phenoxy) is 1. The molecule has 1 aliphatic carbocycles. The van der Waals surface area contributed by atoms with Crippen LogP contribution >= 0.6 is 0 Å². The minimum atomic E-state index is -0.0817. The Morgan fingerprint density at radius 2 is 2.14 bits per heavy atom. The summed E-state index contributed by atoms with van der Waals surface area (Å²) < 4.78 is 5.03. The van der Waals surface area contributed by atoms with Gasteiger partial charge in [0.1, 0.15) is 0 Å². The van der Waals surface area contributed by atoms with E-state index in [4.69, 9.17) is 4.74 Å². The number of rotatable bonds is 4. The molecule has 0 amide bonds. The van der Waals surface area contributed by atoms with Crippen molar-refractivity contribution in [2.45, 2.75) is 19.8 Å². The Hall–Kier alpha value is -1.05. The van der Waals surface area contributed by atoms with Crippen LogP contribution in [-0.2, 0) is 9.53 Å². The number of hydrogen-bond donors (Lipinski definition) is 0. The molecule has 1 fully saturated rings. The molecule has 78 valence electrons. The van der Waals surface area contributed by atoms with E-state index in [1.54, 1.807) is 0 Å². The van der Waals surface area contributed by atoms with Crippen molar-refractivity contribution in [3.8, 4) is 0 Å². The third-order valence-corrected chi connectivity index (χ3v) is 2.87. The quantitative estimate of drug-likeness (QED) is 0.508. The van der Waals surface area contributed by atoms with Gasteiger partial charge < -0.3 is 4.74 Å². The maximum Gasteiger partial charge on any atom is 0.309 e. The molecule has 3 unspecified atom stereocenters. The van der Waals surface area contributed by atoms with Gasteiger partial charge in [-0.3, -0.25) is 4.79 Å². The molecule has 0 aromatic rings. The fourth-order valence-corrected chi connectivity index (χ4v) is 2.08. The molecule has 0 radical (unpaired) electrons. The number of hydrogen-bond acceptors (Lipinski definition) is 2. The zero-order valence-corrected chi connectivity index (χ0v) is 8.74. The maximum atomic E-state index is 11.6. The zero-order valence-electron chi connectivity index (χ0n) is 8.74. The van der Waals surface area contributed by atoms with Gasteiger partial charge in [0.2, 0.25) is 0 Å². The van der Waals surface area contributed by atoms with Crippen LogP contribution in [0.2, 0.25) is 0 Å². The predicted molar refractivity (Wildman–Crippen MR) is 56.7 cm³/mol. The van der Waals surface area contributed by atoms with Gasteiger partial charge in [-0.2, -0.15) is 0 Å². The minimum absolute atomic E-state index is 0.00421. The van der Waals surface area contributed by atoms with Gasteiger partial charge in [0.05, 0.1) is 12.5 Å². The van der Waals surface area contributed by atoms with Gasteiger partial charge in [0.15, 0.2) is 0 Å². The van der Waals surface area contributed by atoms with Crippen LogP contribution in [0.4, 0.5) is 0 Å². The highest BCUT2D eigenvalue weighted by Gasteiger charge is 2.36. The summed E-state index contributed by atoms with van der Waals surface area (Å²) in [6, 6.07) is 0. The van der Waals surface area contributed by atoms with Gasteiger partial charge >= 0.3 is 5.97 Å². The van der Waals surface area contributed by atoms with Crippen molar-refractivity contribution in [2.75, 3.05) is 6.61 Å². The molecule has 0 heterocycles. The smallest absolute Gasteiger partial charge is 0.309 e. The van der Waals surface area contributed by atoms with Crippen molar-refractivity contribution in [1.82, 2.24) is 0 Å². The Morgan fingerprint density at radius 3 is 2.64 bits per heavy atom. The van der Waals surface area contributed by atoms with Gasteiger partial charge in [-0.1, -0.05) is 12.2 Å². The first-order valence-electron chi connectivity index (χ1n) is 5.14. The average Bonchev–Trinajstić information content (AvgIpc) is 2.61. The molecule has 2 heteroatoms. The Morgan fingerprint density at radius 1 is 1.43 bits per heavy atom. The van der Waals surface area contributed by atoms with Crippen LogP contribution in [0.15, 0.2) is 25.3 Å². The largest absolute Gasteiger partial charge is 0.466 e. The van der Waals surface area contributed by atoms with Crippen LogP contribution in [-0.4, -0.2) is 12.6 Å². The average molecular weight is 194 g/mol.